The lowest BCUT2D eigenvalue weighted by Gasteiger charge is -2.35. The Morgan fingerprint density at radius 1 is 1.14 bits per heavy atom. The van der Waals surface area contributed by atoms with Crippen molar-refractivity contribution >= 4 is 17.4 Å². The first kappa shape index (κ1) is 19.3. The molecule has 0 atom stereocenters. The average molecular weight is 413 g/mol. The predicted molar refractivity (Wildman–Crippen MR) is 106 cm³/mol. The van der Waals surface area contributed by atoms with Crippen LogP contribution in [-0.2, 0) is 6.42 Å². The summed E-state index contributed by atoms with van der Waals surface area (Å²) in [6.07, 6.45) is 3.83. The van der Waals surface area contributed by atoms with E-state index < -0.39 is 5.82 Å². The fraction of sp³-hybridized carbons (Fsp3) is 0.300. The number of benzene rings is 1. The molecule has 3 heterocycles. The van der Waals surface area contributed by atoms with Gasteiger partial charge in [-0.25, -0.2) is 14.4 Å². The normalized spacial score (nSPS) is 14.7. The van der Waals surface area contributed by atoms with E-state index in [9.17, 15) is 9.65 Å². The van der Waals surface area contributed by atoms with E-state index in [-0.39, 0.29) is 0 Å². The lowest BCUT2D eigenvalue weighted by Crippen LogP contribution is -2.47. The van der Waals surface area contributed by atoms with Crippen LogP contribution in [0.25, 0.3) is 11.3 Å². The SMILES string of the molecule is N#Cc1nccnc1N1CCN(CCc2cc(-c3cc(Cl)ccc3F)on2)CC1. The molecule has 7 nitrogen and oxygen atoms in total. The maximum Gasteiger partial charge on any atom is 0.183 e. The van der Waals surface area contributed by atoms with Gasteiger partial charge >= 0.3 is 0 Å². The number of anilines is 1. The molecule has 29 heavy (non-hydrogen) atoms. The van der Waals surface area contributed by atoms with Crippen LogP contribution in [0.15, 0.2) is 41.2 Å². The molecule has 1 aromatic carbocycles. The Labute approximate surface area is 172 Å². The Morgan fingerprint density at radius 2 is 1.93 bits per heavy atom. The predicted octanol–water partition coefficient (Wildman–Crippen LogP) is 3.16. The molecule has 0 N–H and O–H groups in total. The summed E-state index contributed by atoms with van der Waals surface area (Å²) in [5.41, 5.74) is 1.42. The molecule has 0 bridgehead atoms. The van der Waals surface area contributed by atoms with E-state index >= 15 is 0 Å². The van der Waals surface area contributed by atoms with Gasteiger partial charge in [0.25, 0.3) is 0 Å². The van der Waals surface area contributed by atoms with Gasteiger partial charge in [-0.1, -0.05) is 16.8 Å². The van der Waals surface area contributed by atoms with Gasteiger partial charge in [0, 0.05) is 62.6 Å². The number of halogens is 2. The summed E-state index contributed by atoms with van der Waals surface area (Å²) in [4.78, 5) is 12.8. The van der Waals surface area contributed by atoms with Crippen LogP contribution in [0.5, 0.6) is 0 Å². The highest BCUT2D eigenvalue weighted by Crippen LogP contribution is 2.27. The topological polar surface area (TPSA) is 82.1 Å². The number of piperazine rings is 1. The largest absolute Gasteiger partial charge is 0.356 e. The Bertz CT molecular complexity index is 1040. The highest BCUT2D eigenvalue weighted by atomic mass is 35.5. The van der Waals surface area contributed by atoms with Gasteiger partial charge in [0.1, 0.15) is 11.9 Å². The number of hydrogen-bond acceptors (Lipinski definition) is 7. The fourth-order valence-electron chi connectivity index (χ4n) is 3.34. The quantitative estimate of drug-likeness (QED) is 0.636. The Hall–Kier alpha value is -3.02. The number of hydrogen-bond donors (Lipinski definition) is 0. The van der Waals surface area contributed by atoms with Crippen LogP contribution in [-0.4, -0.2) is 52.7 Å². The highest BCUT2D eigenvalue weighted by molar-refractivity contribution is 6.30. The van der Waals surface area contributed by atoms with Crippen LogP contribution in [0.1, 0.15) is 11.4 Å². The molecule has 0 radical (unpaired) electrons. The van der Waals surface area contributed by atoms with Crippen LogP contribution >= 0.6 is 11.6 Å². The second kappa shape index (κ2) is 8.55. The molecule has 0 unspecified atom stereocenters. The zero-order valence-corrected chi connectivity index (χ0v) is 16.3. The summed E-state index contributed by atoms with van der Waals surface area (Å²) in [5, 5.41) is 13.7. The molecule has 9 heteroatoms. The smallest absolute Gasteiger partial charge is 0.183 e. The van der Waals surface area contributed by atoms with Crippen molar-refractivity contribution < 1.29 is 8.91 Å². The van der Waals surface area contributed by atoms with Crippen LogP contribution in [0, 0.1) is 17.1 Å². The zero-order chi connectivity index (χ0) is 20.2. The molecule has 1 saturated heterocycles. The van der Waals surface area contributed by atoms with E-state index in [1.165, 1.54) is 24.4 Å². The van der Waals surface area contributed by atoms with Gasteiger partial charge in [-0.15, -0.1) is 0 Å². The standard InChI is InChI=1S/C20H18ClFN6O/c21-14-1-2-17(22)16(11-14)19-12-15(26-29-19)3-6-27-7-9-28(10-8-27)20-18(13-23)24-4-5-25-20/h1-2,4-5,11-12H,3,6-10H2. The second-order valence-corrected chi connectivity index (χ2v) is 7.16. The Balaban J connectivity index is 1.33. The van der Waals surface area contributed by atoms with Crippen molar-refractivity contribution in [2.45, 2.75) is 6.42 Å². The summed E-state index contributed by atoms with van der Waals surface area (Å²) < 4.78 is 19.3. The third-order valence-corrected chi connectivity index (χ3v) is 5.13. The average Bonchev–Trinajstić information content (AvgIpc) is 3.23. The van der Waals surface area contributed by atoms with Crippen molar-refractivity contribution in [2.24, 2.45) is 0 Å². The lowest BCUT2D eigenvalue weighted by molar-refractivity contribution is 0.258. The third-order valence-electron chi connectivity index (χ3n) is 4.89. The van der Waals surface area contributed by atoms with E-state index in [4.69, 9.17) is 16.1 Å². The van der Waals surface area contributed by atoms with E-state index in [0.29, 0.717) is 34.3 Å². The summed E-state index contributed by atoms with van der Waals surface area (Å²) >= 11 is 5.95. The maximum absolute atomic E-state index is 14.0. The van der Waals surface area contributed by atoms with Gasteiger partial charge < -0.3 is 9.42 Å². The molecule has 0 saturated carbocycles. The van der Waals surface area contributed by atoms with Crippen LogP contribution < -0.4 is 4.90 Å². The van der Waals surface area contributed by atoms with Gasteiger partial charge in [0.2, 0.25) is 0 Å². The van der Waals surface area contributed by atoms with Crippen molar-refractivity contribution in [1.82, 2.24) is 20.0 Å². The monoisotopic (exact) mass is 412 g/mol. The van der Waals surface area contributed by atoms with Crippen molar-refractivity contribution in [3.63, 3.8) is 0 Å². The summed E-state index contributed by atoms with van der Waals surface area (Å²) in [5.74, 6) is 0.616. The van der Waals surface area contributed by atoms with Gasteiger partial charge in [0.15, 0.2) is 17.3 Å². The molecule has 1 aliphatic heterocycles. The van der Waals surface area contributed by atoms with Crippen LogP contribution in [0.2, 0.25) is 5.02 Å². The number of rotatable bonds is 5. The fourth-order valence-corrected chi connectivity index (χ4v) is 3.51. The summed E-state index contributed by atoms with van der Waals surface area (Å²) in [7, 11) is 0. The van der Waals surface area contributed by atoms with Crippen LogP contribution in [0.3, 0.4) is 0 Å². The molecular formula is C20H18ClFN6O. The van der Waals surface area contributed by atoms with E-state index in [0.717, 1.165) is 38.4 Å². The van der Waals surface area contributed by atoms with Gasteiger partial charge in [-0.2, -0.15) is 5.26 Å². The van der Waals surface area contributed by atoms with E-state index in [1.807, 2.05) is 0 Å². The van der Waals surface area contributed by atoms with Gasteiger partial charge in [-0.3, -0.25) is 4.90 Å². The molecule has 3 aromatic rings. The minimum atomic E-state index is -0.394. The van der Waals surface area contributed by atoms with Crippen molar-refractivity contribution in [2.75, 3.05) is 37.6 Å². The van der Waals surface area contributed by atoms with Gasteiger partial charge in [0.05, 0.1) is 11.3 Å². The maximum atomic E-state index is 14.0. The van der Waals surface area contributed by atoms with Crippen molar-refractivity contribution in [3.05, 3.63) is 58.9 Å². The van der Waals surface area contributed by atoms with Gasteiger partial charge in [-0.05, 0) is 18.2 Å². The zero-order valence-electron chi connectivity index (χ0n) is 15.6. The molecule has 0 amide bonds. The first-order valence-electron chi connectivity index (χ1n) is 9.23. The molecule has 1 aliphatic rings. The van der Waals surface area contributed by atoms with Crippen molar-refractivity contribution in [3.8, 4) is 17.4 Å². The van der Waals surface area contributed by atoms with Crippen LogP contribution in [0.4, 0.5) is 10.2 Å². The molecule has 1 fully saturated rings. The molecule has 148 valence electrons. The highest BCUT2D eigenvalue weighted by Gasteiger charge is 2.21. The second-order valence-electron chi connectivity index (χ2n) is 6.73. The Morgan fingerprint density at radius 3 is 2.72 bits per heavy atom. The number of aromatic nitrogens is 3. The molecule has 0 spiro atoms. The Kier molecular flexibility index (Phi) is 5.69. The molecule has 0 aliphatic carbocycles. The minimum Gasteiger partial charge on any atom is -0.356 e. The minimum absolute atomic E-state index is 0.308. The van der Waals surface area contributed by atoms with E-state index in [1.54, 1.807) is 12.3 Å². The van der Waals surface area contributed by atoms with E-state index in [2.05, 4.69) is 31.0 Å². The molecular weight excluding hydrogens is 395 g/mol. The number of nitriles is 1. The van der Waals surface area contributed by atoms with Crippen molar-refractivity contribution in [1.29, 1.82) is 5.26 Å². The molecule has 2 aromatic heterocycles. The summed E-state index contributed by atoms with van der Waals surface area (Å²) in [6.45, 7) is 4.03. The lowest BCUT2D eigenvalue weighted by atomic mass is 10.1. The molecule has 4 rings (SSSR count). The number of nitrogens with zero attached hydrogens (tertiary/aromatic N) is 6. The summed E-state index contributed by atoms with van der Waals surface area (Å²) in [6, 6.07) is 8.19. The first-order valence-corrected chi connectivity index (χ1v) is 9.61. The third kappa shape index (κ3) is 4.36. The first-order chi connectivity index (χ1) is 14.1.